The summed E-state index contributed by atoms with van der Waals surface area (Å²) in [6, 6.07) is 7.71. The molecule has 0 saturated heterocycles. The zero-order chi connectivity index (χ0) is 28.4. The summed E-state index contributed by atoms with van der Waals surface area (Å²) in [5, 5.41) is 9.11. The van der Waals surface area contributed by atoms with E-state index < -0.39 is 11.9 Å². The van der Waals surface area contributed by atoms with Crippen LogP contribution in [0.25, 0.3) is 0 Å². The molecule has 1 saturated carbocycles. The van der Waals surface area contributed by atoms with E-state index in [4.69, 9.17) is 24.1 Å². The average Bonchev–Trinajstić information content (AvgIpc) is 3.58. The monoisotopic (exact) mass is 552 g/mol. The molecule has 0 spiro atoms. The van der Waals surface area contributed by atoms with Gasteiger partial charge in [0.1, 0.15) is 0 Å². The van der Waals surface area contributed by atoms with Crippen LogP contribution in [0.1, 0.15) is 54.9 Å². The minimum absolute atomic E-state index is 0.0321. The molecule has 214 valence electrons. The second-order valence-electron chi connectivity index (χ2n) is 10.8. The molecule has 2 aliphatic heterocycles. The molecule has 2 amide bonds. The number of carboxylic acids is 1. The highest BCUT2D eigenvalue weighted by Crippen LogP contribution is 2.39. The van der Waals surface area contributed by atoms with Gasteiger partial charge in [-0.2, -0.15) is 0 Å². The first kappa shape index (κ1) is 27.6. The molecule has 1 unspecified atom stereocenters. The fraction of sp³-hybridized carbons (Fsp3) is 0.500. The van der Waals surface area contributed by atoms with Crippen LogP contribution < -0.4 is 18.9 Å². The minimum Gasteiger partial charge on any atom is -0.493 e. The molecular formula is C30H36N2O8. The summed E-state index contributed by atoms with van der Waals surface area (Å²) in [5.41, 5.74) is 4.11. The molecule has 1 fully saturated rings. The van der Waals surface area contributed by atoms with Crippen LogP contribution >= 0.6 is 0 Å². The standard InChI is InChI=1S/C30H36N2O8/c1-18(30(35)36)9-28(33)31-14-20-10-24(37-2)26(12-22(20)15-31)39-7-4-8-40-27-13-23-17-32(29(34)19-5-6-19)16-21(23)11-25(27)38-3/h10-13,18-19H,4-9,14-17H2,1-3H3,(H,35,36). The molecule has 0 aromatic heterocycles. The third kappa shape index (κ3) is 5.95. The summed E-state index contributed by atoms with van der Waals surface area (Å²) < 4.78 is 23.1. The normalized spacial score (nSPS) is 16.3. The van der Waals surface area contributed by atoms with Crippen LogP contribution in [0.4, 0.5) is 0 Å². The van der Waals surface area contributed by atoms with Crippen LogP contribution in [0.15, 0.2) is 24.3 Å². The minimum atomic E-state index is -0.979. The topological polar surface area (TPSA) is 115 Å². The second kappa shape index (κ2) is 11.7. The number of carbonyl (C=O) groups is 3. The number of benzene rings is 2. The number of methoxy groups -OCH3 is 2. The maximum atomic E-state index is 12.6. The molecule has 0 radical (unpaired) electrons. The first-order valence-electron chi connectivity index (χ1n) is 13.7. The molecule has 1 atom stereocenters. The molecule has 2 aromatic rings. The van der Waals surface area contributed by atoms with Gasteiger partial charge in [-0.25, -0.2) is 0 Å². The Kier molecular flexibility index (Phi) is 8.04. The number of fused-ring (bicyclic) bond motifs is 2. The molecule has 2 heterocycles. The summed E-state index contributed by atoms with van der Waals surface area (Å²) in [4.78, 5) is 39.8. The van der Waals surface area contributed by atoms with E-state index in [0.29, 0.717) is 68.8 Å². The predicted molar refractivity (Wildman–Crippen MR) is 144 cm³/mol. The van der Waals surface area contributed by atoms with Gasteiger partial charge in [0.25, 0.3) is 0 Å². The highest BCUT2D eigenvalue weighted by atomic mass is 16.5. The lowest BCUT2D eigenvalue weighted by Gasteiger charge is -2.16. The van der Waals surface area contributed by atoms with Crippen molar-refractivity contribution in [2.24, 2.45) is 11.8 Å². The van der Waals surface area contributed by atoms with Crippen molar-refractivity contribution in [2.45, 2.75) is 58.8 Å². The summed E-state index contributed by atoms with van der Waals surface area (Å²) >= 11 is 0. The van der Waals surface area contributed by atoms with E-state index >= 15 is 0 Å². The summed E-state index contributed by atoms with van der Waals surface area (Å²) in [7, 11) is 3.19. The lowest BCUT2D eigenvalue weighted by atomic mass is 10.1. The molecule has 10 nitrogen and oxygen atoms in total. The van der Waals surface area contributed by atoms with Crippen LogP contribution in [0.3, 0.4) is 0 Å². The molecule has 5 rings (SSSR count). The Labute approximate surface area is 233 Å². The Morgan fingerprint density at radius 2 is 1.25 bits per heavy atom. The smallest absolute Gasteiger partial charge is 0.306 e. The van der Waals surface area contributed by atoms with Gasteiger partial charge in [0.05, 0.1) is 33.4 Å². The van der Waals surface area contributed by atoms with E-state index in [0.717, 1.165) is 35.1 Å². The van der Waals surface area contributed by atoms with Crippen molar-refractivity contribution in [3.8, 4) is 23.0 Å². The Hall–Kier alpha value is -3.95. The second-order valence-corrected chi connectivity index (χ2v) is 10.8. The van der Waals surface area contributed by atoms with Crippen molar-refractivity contribution in [1.82, 2.24) is 9.80 Å². The molecule has 1 aliphatic carbocycles. The van der Waals surface area contributed by atoms with Crippen molar-refractivity contribution in [3.63, 3.8) is 0 Å². The highest BCUT2D eigenvalue weighted by Gasteiger charge is 2.36. The molecule has 40 heavy (non-hydrogen) atoms. The number of hydrogen-bond donors (Lipinski definition) is 1. The third-order valence-electron chi connectivity index (χ3n) is 7.71. The van der Waals surface area contributed by atoms with Crippen molar-refractivity contribution in [1.29, 1.82) is 0 Å². The van der Waals surface area contributed by atoms with Gasteiger partial charge < -0.3 is 33.9 Å². The van der Waals surface area contributed by atoms with Crippen LogP contribution in [-0.2, 0) is 40.6 Å². The number of aliphatic carboxylic acids is 1. The predicted octanol–water partition coefficient (Wildman–Crippen LogP) is 3.76. The van der Waals surface area contributed by atoms with Crippen molar-refractivity contribution in [3.05, 3.63) is 46.5 Å². The Morgan fingerprint density at radius 3 is 1.68 bits per heavy atom. The van der Waals surface area contributed by atoms with Gasteiger partial charge in [0, 0.05) is 44.9 Å². The number of nitrogens with zero attached hydrogens (tertiary/aromatic N) is 2. The van der Waals surface area contributed by atoms with Crippen LogP contribution in [0, 0.1) is 11.8 Å². The number of rotatable bonds is 12. The van der Waals surface area contributed by atoms with E-state index in [2.05, 4.69) is 0 Å². The van der Waals surface area contributed by atoms with Crippen molar-refractivity contribution < 1.29 is 38.4 Å². The van der Waals surface area contributed by atoms with Crippen LogP contribution in [0.5, 0.6) is 23.0 Å². The summed E-state index contributed by atoms with van der Waals surface area (Å²) in [6.45, 7) is 4.39. The molecule has 0 bridgehead atoms. The zero-order valence-corrected chi connectivity index (χ0v) is 23.2. The fourth-order valence-electron chi connectivity index (χ4n) is 5.18. The quantitative estimate of drug-likeness (QED) is 0.396. The number of hydrogen-bond acceptors (Lipinski definition) is 7. The number of amides is 2. The van der Waals surface area contributed by atoms with E-state index in [-0.39, 0.29) is 24.2 Å². The maximum Gasteiger partial charge on any atom is 0.306 e. The Morgan fingerprint density at radius 1 is 0.800 bits per heavy atom. The fourth-order valence-corrected chi connectivity index (χ4v) is 5.18. The number of carbonyl (C=O) groups excluding carboxylic acids is 2. The van der Waals surface area contributed by atoms with Crippen molar-refractivity contribution >= 4 is 17.8 Å². The lowest BCUT2D eigenvalue weighted by Crippen LogP contribution is -2.28. The maximum absolute atomic E-state index is 12.6. The SMILES string of the molecule is COc1cc2c(cc1OCCCOc1cc3c(cc1OC)CN(C(=O)C1CC1)C3)CN(C(=O)CC(C)C(=O)O)C2. The van der Waals surface area contributed by atoms with Crippen LogP contribution in [0.2, 0.25) is 0 Å². The van der Waals surface area contributed by atoms with Gasteiger partial charge in [-0.3, -0.25) is 14.4 Å². The Bertz CT molecular complexity index is 1310. The van der Waals surface area contributed by atoms with Gasteiger partial charge in [0.15, 0.2) is 23.0 Å². The van der Waals surface area contributed by atoms with E-state index in [1.54, 1.807) is 19.1 Å². The van der Waals surface area contributed by atoms with Gasteiger partial charge >= 0.3 is 5.97 Å². The van der Waals surface area contributed by atoms with E-state index in [9.17, 15) is 14.4 Å². The van der Waals surface area contributed by atoms with Gasteiger partial charge in [0.2, 0.25) is 11.8 Å². The van der Waals surface area contributed by atoms with E-state index in [1.807, 2.05) is 29.2 Å². The molecule has 10 heteroatoms. The third-order valence-corrected chi connectivity index (χ3v) is 7.71. The Balaban J connectivity index is 1.13. The molecular weight excluding hydrogens is 516 g/mol. The molecule has 1 N–H and O–H groups in total. The van der Waals surface area contributed by atoms with Crippen molar-refractivity contribution in [2.75, 3.05) is 27.4 Å². The summed E-state index contributed by atoms with van der Waals surface area (Å²) in [6.07, 6.45) is 2.57. The van der Waals surface area contributed by atoms with Crippen LogP contribution in [-0.4, -0.2) is 60.1 Å². The van der Waals surface area contributed by atoms with E-state index in [1.165, 1.54) is 6.92 Å². The molecule has 3 aliphatic rings. The zero-order valence-electron chi connectivity index (χ0n) is 23.2. The number of ether oxygens (including phenoxy) is 4. The molecule has 2 aromatic carbocycles. The highest BCUT2D eigenvalue weighted by molar-refractivity contribution is 5.83. The van der Waals surface area contributed by atoms with Gasteiger partial charge in [-0.1, -0.05) is 6.92 Å². The summed E-state index contributed by atoms with van der Waals surface area (Å²) in [5.74, 6) is 1.02. The van der Waals surface area contributed by atoms with Gasteiger partial charge in [-0.15, -0.1) is 0 Å². The first-order valence-corrected chi connectivity index (χ1v) is 13.7. The lowest BCUT2D eigenvalue weighted by molar-refractivity contribution is -0.145. The van der Waals surface area contributed by atoms with Gasteiger partial charge in [-0.05, 0) is 59.4 Å². The number of carboxylic acid groups (broad SMARTS) is 1. The largest absolute Gasteiger partial charge is 0.493 e. The first-order chi connectivity index (χ1) is 19.3. The average molecular weight is 553 g/mol.